The quantitative estimate of drug-likeness (QED) is 0.731. The molecule has 0 aromatic heterocycles. The molecule has 0 atom stereocenters. The van der Waals surface area contributed by atoms with Crippen LogP contribution in [-0.4, -0.2) is 46.1 Å². The third-order valence-corrected chi connectivity index (χ3v) is 3.75. The zero-order valence-electron chi connectivity index (χ0n) is 15.4. The van der Waals surface area contributed by atoms with Crippen LogP contribution in [-0.2, 0) is 11.3 Å². The Labute approximate surface area is 153 Å². The number of amides is 2. The Balaban J connectivity index is 1.92. The molecular formula is C19H24N2O5. The van der Waals surface area contributed by atoms with Gasteiger partial charge in [-0.25, -0.2) is 9.86 Å². The van der Waals surface area contributed by atoms with Crippen LogP contribution >= 0.6 is 0 Å². The van der Waals surface area contributed by atoms with Crippen LogP contribution in [0.1, 0.15) is 5.56 Å². The van der Waals surface area contributed by atoms with Crippen LogP contribution in [0.4, 0.5) is 10.5 Å². The molecular weight excluding hydrogens is 336 g/mol. The van der Waals surface area contributed by atoms with Crippen LogP contribution in [0.25, 0.3) is 0 Å². The largest absolute Gasteiger partial charge is 0.493 e. The average molecular weight is 360 g/mol. The van der Waals surface area contributed by atoms with Crippen molar-refractivity contribution >= 4 is 11.7 Å². The number of hydrogen-bond donors (Lipinski definition) is 1. The zero-order chi connectivity index (χ0) is 18.9. The van der Waals surface area contributed by atoms with Gasteiger partial charge in [-0.05, 0) is 29.8 Å². The molecule has 0 saturated heterocycles. The molecule has 0 spiro atoms. The molecule has 2 amide bonds. The number of nitrogens with zero attached hydrogens (tertiary/aromatic N) is 1. The number of hydrogen-bond acceptors (Lipinski definition) is 5. The summed E-state index contributed by atoms with van der Waals surface area (Å²) >= 11 is 0. The SMILES string of the molecule is COc1ccc(CCOc2cccc(NC(=O)N(C)OC)c2)cc1OC. The third kappa shape index (κ3) is 5.29. The van der Waals surface area contributed by atoms with Gasteiger partial charge in [0.15, 0.2) is 11.5 Å². The summed E-state index contributed by atoms with van der Waals surface area (Å²) in [6.45, 7) is 0.491. The lowest BCUT2D eigenvalue weighted by atomic mass is 10.1. The highest BCUT2D eigenvalue weighted by atomic mass is 16.7. The van der Waals surface area contributed by atoms with E-state index in [9.17, 15) is 4.79 Å². The highest BCUT2D eigenvalue weighted by Gasteiger charge is 2.08. The van der Waals surface area contributed by atoms with E-state index in [4.69, 9.17) is 19.0 Å². The van der Waals surface area contributed by atoms with Gasteiger partial charge in [0.1, 0.15) is 5.75 Å². The first kappa shape index (κ1) is 19.4. The highest BCUT2D eigenvalue weighted by molar-refractivity contribution is 5.88. The van der Waals surface area contributed by atoms with Gasteiger partial charge in [-0.2, -0.15) is 0 Å². The second-order valence-corrected chi connectivity index (χ2v) is 5.43. The maximum atomic E-state index is 11.8. The van der Waals surface area contributed by atoms with Gasteiger partial charge < -0.3 is 19.5 Å². The van der Waals surface area contributed by atoms with Crippen molar-refractivity contribution in [3.8, 4) is 17.2 Å². The number of urea groups is 1. The summed E-state index contributed by atoms with van der Waals surface area (Å²) in [6, 6.07) is 12.6. The van der Waals surface area contributed by atoms with Crippen LogP contribution in [0.15, 0.2) is 42.5 Å². The number of carbonyl (C=O) groups excluding carboxylic acids is 1. The van der Waals surface area contributed by atoms with Gasteiger partial charge in [0.2, 0.25) is 0 Å². The molecule has 0 radical (unpaired) electrons. The molecule has 26 heavy (non-hydrogen) atoms. The number of nitrogens with one attached hydrogen (secondary N) is 1. The predicted octanol–water partition coefficient (Wildman–Crippen LogP) is 3.35. The molecule has 0 aliphatic rings. The number of rotatable bonds is 8. The summed E-state index contributed by atoms with van der Waals surface area (Å²) in [5, 5.41) is 3.82. The van der Waals surface area contributed by atoms with Gasteiger partial charge in [-0.3, -0.25) is 4.84 Å². The van der Waals surface area contributed by atoms with Gasteiger partial charge in [0, 0.05) is 25.2 Å². The minimum Gasteiger partial charge on any atom is -0.493 e. The highest BCUT2D eigenvalue weighted by Crippen LogP contribution is 2.27. The molecule has 2 aromatic carbocycles. The Morgan fingerprint density at radius 2 is 1.81 bits per heavy atom. The summed E-state index contributed by atoms with van der Waals surface area (Å²) in [4.78, 5) is 16.6. The number of benzene rings is 2. The smallest absolute Gasteiger partial charge is 0.345 e. The molecule has 0 aliphatic heterocycles. The Bertz CT molecular complexity index is 736. The first-order valence-corrected chi connectivity index (χ1v) is 8.10. The predicted molar refractivity (Wildman–Crippen MR) is 99.0 cm³/mol. The summed E-state index contributed by atoms with van der Waals surface area (Å²) in [6.07, 6.45) is 0.712. The van der Waals surface area contributed by atoms with Gasteiger partial charge in [0.05, 0.1) is 27.9 Å². The molecule has 1 N–H and O–H groups in total. The number of ether oxygens (including phenoxy) is 3. The first-order valence-electron chi connectivity index (χ1n) is 8.10. The monoisotopic (exact) mass is 360 g/mol. The molecule has 0 fully saturated rings. The minimum absolute atomic E-state index is 0.366. The molecule has 2 rings (SSSR count). The fourth-order valence-corrected chi connectivity index (χ4v) is 2.27. The minimum atomic E-state index is -0.366. The van der Waals surface area contributed by atoms with Gasteiger partial charge in [0.25, 0.3) is 0 Å². The molecule has 0 aliphatic carbocycles. The standard InChI is InChI=1S/C19H24N2O5/c1-21(25-4)19(22)20-15-6-5-7-16(13-15)26-11-10-14-8-9-17(23-2)18(12-14)24-3/h5-9,12-13H,10-11H2,1-4H3,(H,20,22). The second-order valence-electron chi connectivity index (χ2n) is 5.43. The average Bonchev–Trinajstić information content (AvgIpc) is 2.67. The van der Waals surface area contributed by atoms with Crippen LogP contribution in [0, 0.1) is 0 Å². The van der Waals surface area contributed by atoms with E-state index in [1.165, 1.54) is 14.2 Å². The number of methoxy groups -OCH3 is 2. The molecule has 0 saturated carbocycles. The lowest BCUT2D eigenvalue weighted by molar-refractivity contribution is -0.0598. The maximum Gasteiger partial charge on any atom is 0.345 e. The summed E-state index contributed by atoms with van der Waals surface area (Å²) < 4.78 is 16.3. The molecule has 7 nitrogen and oxygen atoms in total. The van der Waals surface area contributed by atoms with E-state index in [1.54, 1.807) is 26.4 Å². The number of anilines is 1. The van der Waals surface area contributed by atoms with Crippen molar-refractivity contribution in [2.75, 3.05) is 40.3 Å². The lowest BCUT2D eigenvalue weighted by Crippen LogP contribution is -2.30. The van der Waals surface area contributed by atoms with Crippen molar-refractivity contribution in [3.05, 3.63) is 48.0 Å². The van der Waals surface area contributed by atoms with E-state index in [0.717, 1.165) is 10.6 Å². The van der Waals surface area contributed by atoms with Crippen LogP contribution in [0.2, 0.25) is 0 Å². The molecule has 2 aromatic rings. The van der Waals surface area contributed by atoms with E-state index < -0.39 is 0 Å². The Morgan fingerprint density at radius 1 is 1.04 bits per heavy atom. The second kappa shape index (κ2) is 9.53. The molecule has 0 bridgehead atoms. The van der Waals surface area contributed by atoms with Crippen molar-refractivity contribution in [1.29, 1.82) is 0 Å². The molecule has 0 unspecified atom stereocenters. The Morgan fingerprint density at radius 3 is 2.50 bits per heavy atom. The first-order chi connectivity index (χ1) is 12.6. The maximum absolute atomic E-state index is 11.8. The summed E-state index contributed by atoms with van der Waals surface area (Å²) in [7, 11) is 6.17. The summed E-state index contributed by atoms with van der Waals surface area (Å²) in [5.41, 5.74) is 1.70. The fourth-order valence-electron chi connectivity index (χ4n) is 2.27. The third-order valence-electron chi connectivity index (χ3n) is 3.75. The number of hydroxylamine groups is 2. The van der Waals surface area contributed by atoms with Gasteiger partial charge in [-0.1, -0.05) is 12.1 Å². The molecule has 7 heteroatoms. The van der Waals surface area contributed by atoms with E-state index in [0.29, 0.717) is 36.0 Å². The Kier molecular flexibility index (Phi) is 7.11. The van der Waals surface area contributed by atoms with E-state index >= 15 is 0 Å². The topological polar surface area (TPSA) is 69.3 Å². The van der Waals surface area contributed by atoms with E-state index in [-0.39, 0.29) is 6.03 Å². The zero-order valence-corrected chi connectivity index (χ0v) is 15.4. The molecule has 0 heterocycles. The van der Waals surface area contributed by atoms with Crippen molar-refractivity contribution in [3.63, 3.8) is 0 Å². The van der Waals surface area contributed by atoms with Crippen molar-refractivity contribution in [2.45, 2.75) is 6.42 Å². The normalized spacial score (nSPS) is 10.2. The lowest BCUT2D eigenvalue weighted by Gasteiger charge is -2.15. The van der Waals surface area contributed by atoms with Crippen LogP contribution < -0.4 is 19.5 Å². The van der Waals surface area contributed by atoms with Gasteiger partial charge >= 0.3 is 6.03 Å². The number of carbonyl (C=O) groups is 1. The van der Waals surface area contributed by atoms with Crippen molar-refractivity contribution < 1.29 is 23.8 Å². The van der Waals surface area contributed by atoms with Gasteiger partial charge in [-0.15, -0.1) is 0 Å². The van der Waals surface area contributed by atoms with Crippen molar-refractivity contribution in [1.82, 2.24) is 5.06 Å². The van der Waals surface area contributed by atoms with Crippen LogP contribution in [0.3, 0.4) is 0 Å². The van der Waals surface area contributed by atoms with E-state index in [1.807, 2.05) is 30.3 Å². The van der Waals surface area contributed by atoms with Crippen molar-refractivity contribution in [2.24, 2.45) is 0 Å². The Hall–Kier alpha value is -2.93. The van der Waals surface area contributed by atoms with E-state index in [2.05, 4.69) is 5.32 Å². The molecule has 140 valence electrons. The fraction of sp³-hybridized carbons (Fsp3) is 0.316. The summed E-state index contributed by atoms with van der Waals surface area (Å²) in [5.74, 6) is 2.06. The van der Waals surface area contributed by atoms with Crippen LogP contribution in [0.5, 0.6) is 17.2 Å².